The maximum atomic E-state index is 3.85. The predicted octanol–water partition coefficient (Wildman–Crippen LogP) is 7.40. The zero-order valence-electron chi connectivity index (χ0n) is 21.6. The van der Waals surface area contributed by atoms with Crippen molar-refractivity contribution >= 4 is 22.0 Å². The molecule has 0 saturated heterocycles. The Labute approximate surface area is 215 Å². The Morgan fingerprint density at radius 1 is 1.08 bits per heavy atom. The van der Waals surface area contributed by atoms with E-state index in [1.165, 1.54) is 54.9 Å². The van der Waals surface area contributed by atoms with Gasteiger partial charge in [0.25, 0.3) is 0 Å². The summed E-state index contributed by atoms with van der Waals surface area (Å²) in [5.74, 6) is 0.708. The van der Waals surface area contributed by atoms with Gasteiger partial charge in [-0.3, -0.25) is 0 Å². The van der Waals surface area contributed by atoms with Gasteiger partial charge in [-0.2, -0.15) is 0 Å². The third-order valence-corrected chi connectivity index (χ3v) is 7.38. The molecule has 2 bridgehead atoms. The van der Waals surface area contributed by atoms with E-state index in [9.17, 15) is 0 Å². The van der Waals surface area contributed by atoms with Crippen LogP contribution in [0.3, 0.4) is 0 Å². The molecule has 2 aliphatic carbocycles. The predicted molar refractivity (Wildman–Crippen MR) is 156 cm³/mol. The Bertz CT molecular complexity index is 1580. The summed E-state index contributed by atoms with van der Waals surface area (Å²) < 4.78 is 0. The zero-order chi connectivity index (χ0) is 25.1. The molecule has 0 spiro atoms. The van der Waals surface area contributed by atoms with Crippen molar-refractivity contribution in [2.45, 2.75) is 33.6 Å². The average molecular weight is 470 g/mol. The third-order valence-electron chi connectivity index (χ3n) is 7.38. The van der Waals surface area contributed by atoms with Crippen LogP contribution < -0.4 is 10.4 Å². The summed E-state index contributed by atoms with van der Waals surface area (Å²) in [4.78, 5) is 3.60. The molecule has 1 heterocycles. The fourth-order valence-electron chi connectivity index (χ4n) is 5.64. The van der Waals surface area contributed by atoms with Gasteiger partial charge in [-0.25, -0.2) is 0 Å². The lowest BCUT2D eigenvalue weighted by atomic mass is 9.88. The number of aryl methyl sites for hydroxylation is 1. The monoisotopic (exact) mass is 469 g/mol. The first kappa shape index (κ1) is 23.9. The molecule has 1 aromatic heterocycles. The Balaban J connectivity index is 1.79. The van der Waals surface area contributed by atoms with Crippen molar-refractivity contribution in [2.24, 2.45) is 11.8 Å². The van der Waals surface area contributed by atoms with E-state index in [4.69, 9.17) is 0 Å². The molecule has 0 amide bonds. The fourth-order valence-corrected chi connectivity index (χ4v) is 5.64. The highest BCUT2D eigenvalue weighted by atomic mass is 14.7. The SMILES string of the molecule is C=C/C=C\C(C)CC1=c2ccccc2=C(c2ccc3[nH]c(C)c(C/C=C\C)c3c2)C2=CC1C=CC=C2. The second kappa shape index (κ2) is 10.4. The van der Waals surface area contributed by atoms with Crippen molar-refractivity contribution in [1.82, 2.24) is 4.98 Å². The number of fused-ring (bicyclic) bond motifs is 3. The molecule has 180 valence electrons. The lowest BCUT2D eigenvalue weighted by Gasteiger charge is -2.16. The van der Waals surface area contributed by atoms with Gasteiger partial charge in [-0.15, -0.1) is 0 Å². The zero-order valence-corrected chi connectivity index (χ0v) is 21.6. The minimum absolute atomic E-state index is 0.275. The number of H-pyrrole nitrogens is 1. The molecule has 0 saturated carbocycles. The van der Waals surface area contributed by atoms with Gasteiger partial charge < -0.3 is 4.98 Å². The van der Waals surface area contributed by atoms with Gasteiger partial charge in [0, 0.05) is 22.5 Å². The van der Waals surface area contributed by atoms with Gasteiger partial charge >= 0.3 is 0 Å². The summed E-state index contributed by atoms with van der Waals surface area (Å²) in [7, 11) is 0. The topological polar surface area (TPSA) is 15.8 Å². The van der Waals surface area contributed by atoms with E-state index < -0.39 is 0 Å². The summed E-state index contributed by atoms with van der Waals surface area (Å²) in [5, 5.41) is 4.00. The molecule has 0 radical (unpaired) electrons. The molecule has 2 aliphatic rings. The lowest BCUT2D eigenvalue weighted by Crippen LogP contribution is -2.30. The van der Waals surface area contributed by atoms with Crippen LogP contribution in [-0.4, -0.2) is 4.98 Å². The number of nitrogens with one attached hydrogen (secondary N) is 1. The van der Waals surface area contributed by atoms with E-state index in [-0.39, 0.29) is 5.92 Å². The highest BCUT2D eigenvalue weighted by Gasteiger charge is 2.21. The van der Waals surface area contributed by atoms with E-state index in [0.717, 1.165) is 12.8 Å². The smallest absolute Gasteiger partial charge is 0.0459 e. The van der Waals surface area contributed by atoms with Gasteiger partial charge in [0.1, 0.15) is 0 Å². The van der Waals surface area contributed by atoms with Crippen molar-refractivity contribution in [3.63, 3.8) is 0 Å². The summed E-state index contributed by atoms with van der Waals surface area (Å²) >= 11 is 0. The number of rotatable bonds is 7. The summed E-state index contributed by atoms with van der Waals surface area (Å²) in [6, 6.07) is 15.9. The molecular weight excluding hydrogens is 434 g/mol. The Morgan fingerprint density at radius 3 is 2.72 bits per heavy atom. The van der Waals surface area contributed by atoms with Gasteiger partial charge in [0.15, 0.2) is 0 Å². The number of allylic oxidation sites excluding steroid dienone is 11. The molecule has 0 fully saturated rings. The highest BCUT2D eigenvalue weighted by molar-refractivity contribution is 5.92. The maximum absolute atomic E-state index is 3.85. The molecule has 1 heteroatoms. The quantitative estimate of drug-likeness (QED) is 0.274. The lowest BCUT2D eigenvalue weighted by molar-refractivity contribution is 0.729. The number of aromatic nitrogens is 1. The average Bonchev–Trinajstić information content (AvgIpc) is 3.02. The third kappa shape index (κ3) is 4.54. The van der Waals surface area contributed by atoms with E-state index >= 15 is 0 Å². The minimum atomic E-state index is 0.275. The van der Waals surface area contributed by atoms with Crippen LogP contribution in [0.1, 0.15) is 37.1 Å². The summed E-state index contributed by atoms with van der Waals surface area (Å²) in [6.45, 7) is 10.4. The molecular formula is C35H35N. The van der Waals surface area contributed by atoms with Crippen LogP contribution in [0.2, 0.25) is 0 Å². The summed E-state index contributed by atoms with van der Waals surface area (Å²) in [6.07, 6.45) is 24.0. The van der Waals surface area contributed by atoms with Gasteiger partial charge in [0.05, 0.1) is 0 Å². The second-order valence-electron chi connectivity index (χ2n) is 9.90. The first-order chi connectivity index (χ1) is 17.6. The molecule has 36 heavy (non-hydrogen) atoms. The van der Waals surface area contributed by atoms with Gasteiger partial charge in [-0.05, 0) is 77.5 Å². The van der Waals surface area contributed by atoms with Crippen molar-refractivity contribution < 1.29 is 0 Å². The normalized spacial score (nSPS) is 18.0. The molecule has 2 aromatic carbocycles. The molecule has 0 aliphatic heterocycles. The second-order valence-corrected chi connectivity index (χ2v) is 9.90. The molecule has 3 aromatic rings. The molecule has 5 rings (SSSR count). The maximum Gasteiger partial charge on any atom is 0.0459 e. The van der Waals surface area contributed by atoms with Crippen molar-refractivity contribution in [1.29, 1.82) is 0 Å². The first-order valence-corrected chi connectivity index (χ1v) is 13.0. The fraction of sp³-hybridized carbons (Fsp3) is 0.200. The standard InChI is InChI=1S/C35H35N/c1-5-7-13-24(3)21-32-26-14-9-10-15-27(22-26)35(31-18-12-11-17-30(31)32)28-19-20-34-33(23-28)29(16-8-6-2)25(4)36-34/h5-15,17-20,22-24,26,36H,1,16,21H2,2-4H3/b8-6-,13-7-. The van der Waals surface area contributed by atoms with E-state index in [0.29, 0.717) is 5.92 Å². The van der Waals surface area contributed by atoms with Gasteiger partial charge in [-0.1, -0.05) is 110 Å². The van der Waals surface area contributed by atoms with Crippen LogP contribution >= 0.6 is 0 Å². The van der Waals surface area contributed by atoms with Crippen LogP contribution in [-0.2, 0) is 6.42 Å². The number of aromatic amines is 1. The van der Waals surface area contributed by atoms with Crippen LogP contribution in [0.25, 0.3) is 22.0 Å². The van der Waals surface area contributed by atoms with Crippen LogP contribution in [0.4, 0.5) is 0 Å². The van der Waals surface area contributed by atoms with E-state index in [2.05, 4.69) is 129 Å². The van der Waals surface area contributed by atoms with Crippen LogP contribution in [0.5, 0.6) is 0 Å². The number of benzene rings is 2. The van der Waals surface area contributed by atoms with Crippen molar-refractivity contribution in [2.75, 3.05) is 0 Å². The number of hydrogen-bond donors (Lipinski definition) is 1. The molecule has 2 unspecified atom stereocenters. The Morgan fingerprint density at radius 2 is 1.92 bits per heavy atom. The summed E-state index contributed by atoms with van der Waals surface area (Å²) in [5.41, 5.74) is 9.20. The largest absolute Gasteiger partial charge is 0.358 e. The highest BCUT2D eigenvalue weighted by Crippen LogP contribution is 2.34. The first-order valence-electron chi connectivity index (χ1n) is 13.0. The minimum Gasteiger partial charge on any atom is -0.358 e. The Hall–Kier alpha value is -3.84. The van der Waals surface area contributed by atoms with Gasteiger partial charge in [0.2, 0.25) is 0 Å². The van der Waals surface area contributed by atoms with Crippen molar-refractivity contribution in [3.05, 3.63) is 143 Å². The van der Waals surface area contributed by atoms with Crippen LogP contribution in [0, 0.1) is 18.8 Å². The van der Waals surface area contributed by atoms with E-state index in [1.807, 2.05) is 6.08 Å². The molecule has 2 atom stereocenters. The number of hydrogen-bond acceptors (Lipinski definition) is 0. The molecule has 1 nitrogen and oxygen atoms in total. The van der Waals surface area contributed by atoms with Crippen molar-refractivity contribution in [3.8, 4) is 0 Å². The molecule has 1 N–H and O–H groups in total. The Kier molecular flexibility index (Phi) is 6.91. The van der Waals surface area contributed by atoms with Crippen LogP contribution in [0.15, 0.2) is 115 Å². The van der Waals surface area contributed by atoms with E-state index in [1.54, 1.807) is 0 Å².